The summed E-state index contributed by atoms with van der Waals surface area (Å²) in [5.41, 5.74) is 3.71. The van der Waals surface area contributed by atoms with Gasteiger partial charge in [-0.2, -0.15) is 0 Å². The lowest BCUT2D eigenvalue weighted by molar-refractivity contribution is 0.0342. The van der Waals surface area contributed by atoms with Gasteiger partial charge in [-0.15, -0.1) is 12.4 Å². The molecule has 1 N–H and O–H groups in total. The van der Waals surface area contributed by atoms with Crippen molar-refractivity contribution in [1.82, 2.24) is 10.2 Å². The number of nitrogens with one attached hydrogen (secondary N) is 1. The molecular weight excluding hydrogens is 411 g/mol. The Morgan fingerprint density at radius 1 is 0.862 bits per heavy atom. The van der Waals surface area contributed by atoms with E-state index in [1.807, 2.05) is 12.1 Å². The Labute approximate surface area is 183 Å². The molecule has 7 heteroatoms. The van der Waals surface area contributed by atoms with Gasteiger partial charge in [-0.05, 0) is 28.8 Å². The molecule has 0 aromatic heterocycles. The summed E-state index contributed by atoms with van der Waals surface area (Å²) >= 11 is 6.37. The molecule has 2 aliphatic heterocycles. The average molecular weight is 439 g/mol. The van der Waals surface area contributed by atoms with E-state index >= 15 is 0 Å². The highest BCUT2D eigenvalue weighted by Gasteiger charge is 2.15. The molecule has 5 nitrogen and oxygen atoms in total. The number of halogens is 2. The van der Waals surface area contributed by atoms with Crippen LogP contribution in [-0.4, -0.2) is 44.4 Å². The first-order chi connectivity index (χ1) is 13.8. The third-order valence-corrected chi connectivity index (χ3v) is 5.33. The molecule has 0 aliphatic carbocycles. The fourth-order valence-electron chi connectivity index (χ4n) is 3.52. The molecule has 158 valence electrons. The molecule has 4 rings (SSSR count). The summed E-state index contributed by atoms with van der Waals surface area (Å²) in [5.74, 6) is 1.41. The van der Waals surface area contributed by atoms with E-state index in [0.29, 0.717) is 24.0 Å². The molecular formula is C22H28Cl2N2O3. The van der Waals surface area contributed by atoms with Crippen LogP contribution in [0.1, 0.15) is 23.1 Å². The van der Waals surface area contributed by atoms with Gasteiger partial charge in [0, 0.05) is 39.1 Å². The number of benzene rings is 2. The molecule has 1 saturated heterocycles. The molecule has 0 saturated carbocycles. The minimum atomic E-state index is 0. The fourth-order valence-corrected chi connectivity index (χ4v) is 3.81. The van der Waals surface area contributed by atoms with Crippen LogP contribution in [0.15, 0.2) is 36.4 Å². The molecule has 0 atom stereocenters. The predicted octanol–water partition coefficient (Wildman–Crippen LogP) is 4.05. The standard InChI is InChI=1S/C22H27ClN2O3.ClH/c23-20-12-19(13-21-22(20)28-9-1-8-27-21)15-24-14-17-2-4-18(5-3-17)16-25-6-10-26-11-7-25;/h2-5,12-13,24H,1,6-11,14-16H2;1H. The Kier molecular flexibility index (Phi) is 8.45. The number of ether oxygens (including phenoxy) is 3. The van der Waals surface area contributed by atoms with E-state index in [2.05, 4.69) is 34.5 Å². The second kappa shape index (κ2) is 11.0. The van der Waals surface area contributed by atoms with Crippen molar-refractivity contribution in [2.24, 2.45) is 0 Å². The van der Waals surface area contributed by atoms with E-state index in [-0.39, 0.29) is 12.4 Å². The highest BCUT2D eigenvalue weighted by molar-refractivity contribution is 6.32. The van der Waals surface area contributed by atoms with Crippen LogP contribution in [0, 0.1) is 0 Å². The third-order valence-electron chi connectivity index (χ3n) is 5.05. The van der Waals surface area contributed by atoms with Crippen LogP contribution in [0.25, 0.3) is 0 Å². The molecule has 1 fully saturated rings. The van der Waals surface area contributed by atoms with Gasteiger partial charge in [0.2, 0.25) is 0 Å². The largest absolute Gasteiger partial charge is 0.489 e. The Bertz CT molecular complexity index is 780. The summed E-state index contributed by atoms with van der Waals surface area (Å²) in [6.07, 6.45) is 0.875. The van der Waals surface area contributed by atoms with Gasteiger partial charge in [0.1, 0.15) is 0 Å². The Morgan fingerprint density at radius 2 is 1.55 bits per heavy atom. The zero-order valence-electron chi connectivity index (χ0n) is 16.5. The maximum absolute atomic E-state index is 6.37. The van der Waals surface area contributed by atoms with Crippen molar-refractivity contribution in [3.05, 3.63) is 58.1 Å². The van der Waals surface area contributed by atoms with Crippen molar-refractivity contribution < 1.29 is 14.2 Å². The minimum absolute atomic E-state index is 0. The third kappa shape index (κ3) is 6.24. The van der Waals surface area contributed by atoms with E-state index in [1.54, 1.807) is 0 Å². The fraction of sp³-hybridized carbons (Fsp3) is 0.455. The molecule has 0 unspecified atom stereocenters. The van der Waals surface area contributed by atoms with Crippen LogP contribution in [0.2, 0.25) is 5.02 Å². The van der Waals surface area contributed by atoms with Crippen LogP contribution in [0.5, 0.6) is 11.5 Å². The monoisotopic (exact) mass is 438 g/mol. The number of rotatable bonds is 6. The molecule has 0 spiro atoms. The van der Waals surface area contributed by atoms with Gasteiger partial charge in [-0.25, -0.2) is 0 Å². The maximum atomic E-state index is 6.37. The lowest BCUT2D eigenvalue weighted by atomic mass is 10.1. The van der Waals surface area contributed by atoms with Crippen LogP contribution >= 0.6 is 24.0 Å². The first-order valence-electron chi connectivity index (χ1n) is 9.94. The van der Waals surface area contributed by atoms with E-state index in [9.17, 15) is 0 Å². The zero-order chi connectivity index (χ0) is 19.2. The SMILES string of the molecule is Cl.Clc1cc(CNCc2ccc(CN3CCOCC3)cc2)cc2c1OCCCO2. The highest BCUT2D eigenvalue weighted by Crippen LogP contribution is 2.37. The zero-order valence-corrected chi connectivity index (χ0v) is 18.1. The summed E-state index contributed by atoms with van der Waals surface area (Å²) in [5, 5.41) is 4.10. The van der Waals surface area contributed by atoms with Crippen LogP contribution in [0.3, 0.4) is 0 Å². The predicted molar refractivity (Wildman–Crippen MR) is 117 cm³/mol. The van der Waals surface area contributed by atoms with Gasteiger partial charge in [0.15, 0.2) is 11.5 Å². The van der Waals surface area contributed by atoms with Crippen LogP contribution < -0.4 is 14.8 Å². The Morgan fingerprint density at radius 3 is 2.34 bits per heavy atom. The van der Waals surface area contributed by atoms with Crippen molar-refractivity contribution in [2.75, 3.05) is 39.5 Å². The summed E-state index contributed by atoms with van der Waals surface area (Å²) in [6.45, 7) is 7.55. The Hall–Kier alpha value is -1.50. The van der Waals surface area contributed by atoms with Gasteiger partial charge >= 0.3 is 0 Å². The lowest BCUT2D eigenvalue weighted by Gasteiger charge is -2.26. The van der Waals surface area contributed by atoms with Crippen molar-refractivity contribution >= 4 is 24.0 Å². The quantitative estimate of drug-likeness (QED) is 0.736. The molecule has 29 heavy (non-hydrogen) atoms. The molecule has 2 aliphatic rings. The summed E-state index contributed by atoms with van der Waals surface area (Å²) in [6, 6.07) is 12.8. The number of nitrogens with zero attached hydrogens (tertiary/aromatic N) is 1. The molecule has 2 aromatic carbocycles. The first-order valence-corrected chi connectivity index (χ1v) is 10.3. The van der Waals surface area contributed by atoms with E-state index in [4.69, 9.17) is 25.8 Å². The van der Waals surface area contributed by atoms with Crippen LogP contribution in [-0.2, 0) is 24.4 Å². The van der Waals surface area contributed by atoms with Gasteiger partial charge < -0.3 is 19.5 Å². The summed E-state index contributed by atoms with van der Waals surface area (Å²) < 4.78 is 16.9. The van der Waals surface area contributed by atoms with Crippen LogP contribution in [0.4, 0.5) is 0 Å². The van der Waals surface area contributed by atoms with E-state index < -0.39 is 0 Å². The topological polar surface area (TPSA) is 43.0 Å². The second-order valence-corrected chi connectivity index (χ2v) is 7.67. The number of hydrogen-bond acceptors (Lipinski definition) is 5. The smallest absolute Gasteiger partial charge is 0.179 e. The number of morpholine rings is 1. The lowest BCUT2D eigenvalue weighted by Crippen LogP contribution is -2.35. The van der Waals surface area contributed by atoms with Gasteiger partial charge in [0.25, 0.3) is 0 Å². The summed E-state index contributed by atoms with van der Waals surface area (Å²) in [4.78, 5) is 2.44. The normalized spacial score (nSPS) is 16.7. The minimum Gasteiger partial charge on any atom is -0.489 e. The van der Waals surface area contributed by atoms with Crippen molar-refractivity contribution in [3.8, 4) is 11.5 Å². The molecule has 0 amide bonds. The maximum Gasteiger partial charge on any atom is 0.179 e. The molecule has 0 radical (unpaired) electrons. The second-order valence-electron chi connectivity index (χ2n) is 7.26. The van der Waals surface area contributed by atoms with E-state index in [1.165, 1.54) is 11.1 Å². The van der Waals surface area contributed by atoms with Crippen molar-refractivity contribution in [1.29, 1.82) is 0 Å². The number of hydrogen-bond donors (Lipinski definition) is 1. The van der Waals surface area contributed by atoms with Gasteiger partial charge in [0.05, 0.1) is 31.5 Å². The van der Waals surface area contributed by atoms with Gasteiger partial charge in [-0.1, -0.05) is 35.9 Å². The molecule has 2 heterocycles. The van der Waals surface area contributed by atoms with E-state index in [0.717, 1.165) is 63.7 Å². The molecule has 2 aromatic rings. The van der Waals surface area contributed by atoms with Gasteiger partial charge in [-0.3, -0.25) is 4.90 Å². The van der Waals surface area contributed by atoms with Crippen molar-refractivity contribution in [2.45, 2.75) is 26.1 Å². The van der Waals surface area contributed by atoms with Crippen molar-refractivity contribution in [3.63, 3.8) is 0 Å². The average Bonchev–Trinajstić information content (AvgIpc) is 2.96. The number of fused-ring (bicyclic) bond motifs is 1. The molecule has 0 bridgehead atoms. The summed E-state index contributed by atoms with van der Waals surface area (Å²) in [7, 11) is 0. The first kappa shape index (κ1) is 22.2. The Balaban J connectivity index is 0.00000240. The highest BCUT2D eigenvalue weighted by atomic mass is 35.5.